The average Bonchev–Trinajstić information content (AvgIpc) is 2.39. The number of anilines is 1. The number of pyridine rings is 1. The Morgan fingerprint density at radius 2 is 2.17 bits per heavy atom. The molecule has 1 aromatic heterocycles. The number of hydrogen-bond donors (Lipinski definition) is 2. The molecule has 2 aromatic rings. The van der Waals surface area contributed by atoms with Crippen molar-refractivity contribution in [1.29, 1.82) is 0 Å². The van der Waals surface area contributed by atoms with Gasteiger partial charge in [-0.15, -0.1) is 0 Å². The number of methoxy groups -OCH3 is 1. The van der Waals surface area contributed by atoms with Gasteiger partial charge in [0.2, 0.25) is 0 Å². The van der Waals surface area contributed by atoms with Gasteiger partial charge in [-0.2, -0.15) is 0 Å². The fourth-order valence-corrected chi connectivity index (χ4v) is 1.67. The maximum atomic E-state index is 13.3. The maximum absolute atomic E-state index is 13.3. The smallest absolute Gasteiger partial charge is 0.165 e. The van der Waals surface area contributed by atoms with Crippen LogP contribution in [0.15, 0.2) is 36.7 Å². The molecule has 4 nitrogen and oxygen atoms in total. The number of aliphatic hydroxyl groups is 1. The Hall–Kier alpha value is -2.14. The summed E-state index contributed by atoms with van der Waals surface area (Å²) in [5, 5.41) is 10.2. The van der Waals surface area contributed by atoms with E-state index in [1.165, 1.54) is 37.7 Å². The molecule has 1 unspecified atom stereocenters. The van der Waals surface area contributed by atoms with Gasteiger partial charge in [0.1, 0.15) is 6.10 Å². The van der Waals surface area contributed by atoms with Crippen molar-refractivity contribution in [2.24, 2.45) is 0 Å². The van der Waals surface area contributed by atoms with Crippen molar-refractivity contribution in [3.63, 3.8) is 0 Å². The Labute approximate surface area is 104 Å². The molecule has 94 valence electrons. The number of nitrogen functional groups attached to an aromatic ring is 1. The van der Waals surface area contributed by atoms with E-state index in [-0.39, 0.29) is 5.75 Å². The van der Waals surface area contributed by atoms with E-state index in [0.29, 0.717) is 16.8 Å². The molecule has 1 aromatic carbocycles. The molecule has 0 bridgehead atoms. The molecule has 1 atom stereocenters. The van der Waals surface area contributed by atoms with Gasteiger partial charge < -0.3 is 15.6 Å². The molecule has 3 N–H and O–H groups in total. The monoisotopic (exact) mass is 248 g/mol. The number of ether oxygens (including phenoxy) is 1. The molecule has 0 radical (unpaired) electrons. The minimum atomic E-state index is -0.965. The lowest BCUT2D eigenvalue weighted by molar-refractivity contribution is 0.220. The molecule has 2 rings (SSSR count). The van der Waals surface area contributed by atoms with Crippen LogP contribution in [0.5, 0.6) is 5.75 Å². The lowest BCUT2D eigenvalue weighted by Crippen LogP contribution is -2.05. The quantitative estimate of drug-likeness (QED) is 0.870. The van der Waals surface area contributed by atoms with Gasteiger partial charge in [-0.1, -0.05) is 6.07 Å². The van der Waals surface area contributed by atoms with E-state index in [4.69, 9.17) is 10.5 Å². The number of benzene rings is 1. The molecule has 0 saturated carbocycles. The third-order valence-electron chi connectivity index (χ3n) is 2.67. The van der Waals surface area contributed by atoms with Gasteiger partial charge in [-0.05, 0) is 23.8 Å². The first kappa shape index (κ1) is 12.3. The Morgan fingerprint density at radius 3 is 2.83 bits per heavy atom. The Morgan fingerprint density at radius 1 is 1.39 bits per heavy atom. The van der Waals surface area contributed by atoms with E-state index in [0.717, 1.165) is 0 Å². The van der Waals surface area contributed by atoms with Gasteiger partial charge in [0.25, 0.3) is 0 Å². The maximum Gasteiger partial charge on any atom is 0.165 e. The van der Waals surface area contributed by atoms with Gasteiger partial charge in [-0.25, -0.2) is 4.39 Å². The second kappa shape index (κ2) is 5.01. The third-order valence-corrected chi connectivity index (χ3v) is 2.67. The van der Waals surface area contributed by atoms with Gasteiger partial charge in [0.15, 0.2) is 11.6 Å². The zero-order valence-electron chi connectivity index (χ0n) is 9.80. The van der Waals surface area contributed by atoms with Crippen molar-refractivity contribution < 1.29 is 14.2 Å². The molecular weight excluding hydrogens is 235 g/mol. The zero-order valence-corrected chi connectivity index (χ0v) is 9.80. The van der Waals surface area contributed by atoms with Crippen LogP contribution in [-0.4, -0.2) is 17.2 Å². The van der Waals surface area contributed by atoms with Gasteiger partial charge in [0.05, 0.1) is 7.11 Å². The first-order chi connectivity index (χ1) is 8.63. The molecule has 0 aliphatic rings. The van der Waals surface area contributed by atoms with Crippen LogP contribution in [-0.2, 0) is 0 Å². The van der Waals surface area contributed by atoms with Gasteiger partial charge in [-0.3, -0.25) is 4.98 Å². The van der Waals surface area contributed by atoms with Crippen LogP contribution in [0.25, 0.3) is 0 Å². The molecule has 0 fully saturated rings. The second-order valence-electron chi connectivity index (χ2n) is 3.80. The van der Waals surface area contributed by atoms with Crippen LogP contribution in [0.3, 0.4) is 0 Å². The highest BCUT2D eigenvalue weighted by molar-refractivity contribution is 5.49. The molecule has 18 heavy (non-hydrogen) atoms. The number of nitrogens with zero attached hydrogens (tertiary/aromatic N) is 1. The minimum Gasteiger partial charge on any atom is -0.494 e. The highest BCUT2D eigenvalue weighted by Crippen LogP contribution is 2.29. The molecule has 0 amide bonds. The summed E-state index contributed by atoms with van der Waals surface area (Å²) in [4.78, 5) is 3.91. The summed E-state index contributed by atoms with van der Waals surface area (Å²) < 4.78 is 18.1. The molecule has 1 heterocycles. The van der Waals surface area contributed by atoms with Crippen LogP contribution in [0, 0.1) is 5.82 Å². The fraction of sp³-hybridized carbons (Fsp3) is 0.154. The molecule has 0 spiro atoms. The van der Waals surface area contributed by atoms with E-state index >= 15 is 0 Å². The standard InChI is InChI=1S/C13H13FN2O2/c1-18-12-6-8(2-3-10(12)14)13(17)9-7-16-5-4-11(9)15/h2-7,13,17H,1H3,(H2,15,16). The van der Waals surface area contributed by atoms with Crippen molar-refractivity contribution in [2.45, 2.75) is 6.10 Å². The van der Waals surface area contributed by atoms with E-state index < -0.39 is 11.9 Å². The number of nitrogens with two attached hydrogens (primary N) is 1. The third kappa shape index (κ3) is 2.26. The minimum absolute atomic E-state index is 0.0778. The Kier molecular flexibility index (Phi) is 3.43. The molecule has 5 heteroatoms. The van der Waals surface area contributed by atoms with E-state index in [1.807, 2.05) is 0 Å². The molecule has 0 aliphatic heterocycles. The Balaban J connectivity index is 2.40. The van der Waals surface area contributed by atoms with Crippen molar-refractivity contribution in [1.82, 2.24) is 4.98 Å². The number of halogens is 1. The Bertz CT molecular complexity index is 560. The first-order valence-corrected chi connectivity index (χ1v) is 5.34. The summed E-state index contributed by atoms with van der Waals surface area (Å²) >= 11 is 0. The van der Waals surface area contributed by atoms with Crippen LogP contribution in [0.4, 0.5) is 10.1 Å². The van der Waals surface area contributed by atoms with E-state index in [2.05, 4.69) is 4.98 Å². The van der Waals surface area contributed by atoms with Crippen molar-refractivity contribution in [3.8, 4) is 5.75 Å². The highest BCUT2D eigenvalue weighted by atomic mass is 19.1. The predicted octanol–water partition coefficient (Wildman–Crippen LogP) is 1.89. The highest BCUT2D eigenvalue weighted by Gasteiger charge is 2.15. The summed E-state index contributed by atoms with van der Waals surface area (Å²) in [7, 11) is 1.37. The topological polar surface area (TPSA) is 68.4 Å². The molecule has 0 aliphatic carbocycles. The number of rotatable bonds is 3. The predicted molar refractivity (Wildman–Crippen MR) is 65.7 cm³/mol. The lowest BCUT2D eigenvalue weighted by atomic mass is 10.0. The summed E-state index contributed by atoms with van der Waals surface area (Å²) in [5.74, 6) is -0.401. The van der Waals surface area contributed by atoms with Crippen LogP contribution in [0.2, 0.25) is 0 Å². The number of aromatic nitrogens is 1. The summed E-state index contributed by atoms with van der Waals surface area (Å²) in [6, 6.07) is 5.75. The first-order valence-electron chi connectivity index (χ1n) is 5.34. The van der Waals surface area contributed by atoms with Crippen LogP contribution < -0.4 is 10.5 Å². The summed E-state index contributed by atoms with van der Waals surface area (Å²) in [5.41, 5.74) is 7.16. The van der Waals surface area contributed by atoms with Crippen molar-refractivity contribution in [2.75, 3.05) is 12.8 Å². The number of hydrogen-bond acceptors (Lipinski definition) is 4. The molecule has 0 saturated heterocycles. The lowest BCUT2D eigenvalue weighted by Gasteiger charge is -2.14. The van der Waals surface area contributed by atoms with Crippen molar-refractivity contribution >= 4 is 5.69 Å². The second-order valence-corrected chi connectivity index (χ2v) is 3.80. The average molecular weight is 248 g/mol. The van der Waals surface area contributed by atoms with Crippen molar-refractivity contribution in [3.05, 3.63) is 53.6 Å². The normalized spacial score (nSPS) is 12.2. The summed E-state index contributed by atoms with van der Waals surface area (Å²) in [6.07, 6.45) is 2.06. The summed E-state index contributed by atoms with van der Waals surface area (Å²) in [6.45, 7) is 0. The van der Waals surface area contributed by atoms with Gasteiger partial charge >= 0.3 is 0 Å². The van der Waals surface area contributed by atoms with Gasteiger partial charge in [0, 0.05) is 23.6 Å². The fourth-order valence-electron chi connectivity index (χ4n) is 1.67. The largest absolute Gasteiger partial charge is 0.494 e. The SMILES string of the molecule is COc1cc(C(O)c2cnccc2N)ccc1F. The van der Waals surface area contributed by atoms with Crippen LogP contribution >= 0.6 is 0 Å². The number of aliphatic hydroxyl groups excluding tert-OH is 1. The van der Waals surface area contributed by atoms with Crippen LogP contribution in [0.1, 0.15) is 17.2 Å². The molecular formula is C13H13FN2O2. The zero-order chi connectivity index (χ0) is 13.1. The van der Waals surface area contributed by atoms with E-state index in [9.17, 15) is 9.50 Å². The van der Waals surface area contributed by atoms with E-state index in [1.54, 1.807) is 6.07 Å².